The maximum atomic E-state index is 12.8. The SMILES string of the molecule is Cl.NC1CCC(NS(=O)(=O)c2ccccc2-c2ccccc2)CC1. The Morgan fingerprint density at radius 2 is 1.46 bits per heavy atom. The first-order valence-corrected chi connectivity index (χ1v) is 9.47. The first kappa shape index (κ1) is 18.9. The molecule has 0 bridgehead atoms. The Bertz CT molecular complexity index is 758. The van der Waals surface area contributed by atoms with E-state index in [0.717, 1.165) is 36.8 Å². The molecule has 6 heteroatoms. The van der Waals surface area contributed by atoms with Crippen LogP contribution in [0.5, 0.6) is 0 Å². The van der Waals surface area contributed by atoms with E-state index in [0.29, 0.717) is 4.90 Å². The highest BCUT2D eigenvalue weighted by atomic mass is 35.5. The second-order valence-electron chi connectivity index (χ2n) is 6.10. The number of halogens is 1. The van der Waals surface area contributed by atoms with Gasteiger partial charge in [-0.3, -0.25) is 0 Å². The lowest BCUT2D eigenvalue weighted by Crippen LogP contribution is -2.40. The van der Waals surface area contributed by atoms with Gasteiger partial charge in [0.15, 0.2) is 0 Å². The molecule has 0 heterocycles. The molecule has 1 saturated carbocycles. The molecule has 3 N–H and O–H groups in total. The van der Waals surface area contributed by atoms with Crippen LogP contribution in [-0.2, 0) is 10.0 Å². The molecule has 1 aliphatic rings. The van der Waals surface area contributed by atoms with Crippen LogP contribution < -0.4 is 10.5 Å². The highest BCUT2D eigenvalue weighted by Crippen LogP contribution is 2.28. The lowest BCUT2D eigenvalue weighted by atomic mass is 9.93. The summed E-state index contributed by atoms with van der Waals surface area (Å²) in [5.74, 6) is 0. The molecule has 0 radical (unpaired) electrons. The van der Waals surface area contributed by atoms with Gasteiger partial charge in [-0.1, -0.05) is 48.5 Å². The van der Waals surface area contributed by atoms with Gasteiger partial charge in [0.2, 0.25) is 10.0 Å². The molecular weight excluding hydrogens is 344 g/mol. The average Bonchev–Trinajstić information content (AvgIpc) is 2.58. The molecule has 4 nitrogen and oxygen atoms in total. The maximum Gasteiger partial charge on any atom is 0.241 e. The van der Waals surface area contributed by atoms with Crippen LogP contribution in [0.2, 0.25) is 0 Å². The molecule has 1 fully saturated rings. The summed E-state index contributed by atoms with van der Waals surface area (Å²) in [7, 11) is -3.55. The second-order valence-corrected chi connectivity index (χ2v) is 7.78. The molecule has 0 aromatic heterocycles. The van der Waals surface area contributed by atoms with E-state index in [9.17, 15) is 8.42 Å². The summed E-state index contributed by atoms with van der Waals surface area (Å²) in [6, 6.07) is 16.9. The molecule has 0 aliphatic heterocycles. The van der Waals surface area contributed by atoms with Gasteiger partial charge in [-0.25, -0.2) is 13.1 Å². The number of rotatable bonds is 4. The van der Waals surface area contributed by atoms with Gasteiger partial charge in [-0.05, 0) is 37.3 Å². The fourth-order valence-corrected chi connectivity index (χ4v) is 4.61. The third kappa shape index (κ3) is 4.36. The van der Waals surface area contributed by atoms with Crippen molar-refractivity contribution in [3.8, 4) is 11.1 Å². The van der Waals surface area contributed by atoms with E-state index in [1.165, 1.54) is 0 Å². The predicted molar refractivity (Wildman–Crippen MR) is 99.7 cm³/mol. The Labute approximate surface area is 149 Å². The molecule has 1 aliphatic carbocycles. The van der Waals surface area contributed by atoms with Gasteiger partial charge in [0.1, 0.15) is 0 Å². The van der Waals surface area contributed by atoms with Gasteiger partial charge in [0.25, 0.3) is 0 Å². The van der Waals surface area contributed by atoms with Crippen molar-refractivity contribution in [3.05, 3.63) is 54.6 Å². The highest BCUT2D eigenvalue weighted by Gasteiger charge is 2.26. The first-order valence-electron chi connectivity index (χ1n) is 7.98. The van der Waals surface area contributed by atoms with Crippen molar-refractivity contribution in [1.82, 2.24) is 4.72 Å². The predicted octanol–water partition coefficient (Wildman–Crippen LogP) is 3.32. The molecular formula is C18H23ClN2O2S. The fraction of sp³-hybridized carbons (Fsp3) is 0.333. The minimum atomic E-state index is -3.55. The number of hydrogen-bond donors (Lipinski definition) is 2. The van der Waals surface area contributed by atoms with Crippen molar-refractivity contribution in [2.45, 2.75) is 42.7 Å². The second kappa shape index (κ2) is 8.12. The van der Waals surface area contributed by atoms with E-state index in [4.69, 9.17) is 5.73 Å². The summed E-state index contributed by atoms with van der Waals surface area (Å²) in [6.45, 7) is 0. The van der Waals surface area contributed by atoms with Crippen molar-refractivity contribution < 1.29 is 8.42 Å². The van der Waals surface area contributed by atoms with Crippen LogP contribution >= 0.6 is 12.4 Å². The van der Waals surface area contributed by atoms with Crippen LogP contribution in [-0.4, -0.2) is 20.5 Å². The van der Waals surface area contributed by atoms with Crippen LogP contribution in [0.1, 0.15) is 25.7 Å². The molecule has 0 amide bonds. The Kier molecular flexibility index (Phi) is 6.40. The Balaban J connectivity index is 0.00000208. The fourth-order valence-electron chi connectivity index (χ4n) is 3.08. The molecule has 0 saturated heterocycles. The highest BCUT2D eigenvalue weighted by molar-refractivity contribution is 7.89. The lowest BCUT2D eigenvalue weighted by molar-refractivity contribution is 0.373. The minimum Gasteiger partial charge on any atom is -0.328 e. The maximum absolute atomic E-state index is 12.8. The van der Waals surface area contributed by atoms with Crippen molar-refractivity contribution in [1.29, 1.82) is 0 Å². The van der Waals surface area contributed by atoms with Crippen LogP contribution in [0.15, 0.2) is 59.5 Å². The first-order chi connectivity index (χ1) is 11.1. The zero-order valence-electron chi connectivity index (χ0n) is 13.4. The van der Waals surface area contributed by atoms with Crippen LogP contribution in [0.4, 0.5) is 0 Å². The summed E-state index contributed by atoms with van der Waals surface area (Å²) < 4.78 is 28.5. The number of nitrogens with one attached hydrogen (secondary N) is 1. The number of hydrogen-bond acceptors (Lipinski definition) is 3. The van der Waals surface area contributed by atoms with Crippen LogP contribution in [0.3, 0.4) is 0 Å². The van der Waals surface area contributed by atoms with Crippen molar-refractivity contribution in [2.75, 3.05) is 0 Å². The van der Waals surface area contributed by atoms with Crippen molar-refractivity contribution in [2.24, 2.45) is 5.73 Å². The normalized spacial score (nSPS) is 21.0. The Morgan fingerprint density at radius 1 is 0.875 bits per heavy atom. The molecule has 2 aromatic carbocycles. The molecule has 24 heavy (non-hydrogen) atoms. The standard InChI is InChI=1S/C18H22N2O2S.ClH/c19-15-10-12-16(13-11-15)20-23(21,22)18-9-5-4-8-17(18)14-6-2-1-3-7-14;/h1-9,15-16,20H,10-13,19H2;1H. The molecule has 0 atom stereocenters. The molecule has 0 spiro atoms. The number of benzene rings is 2. The number of nitrogens with two attached hydrogens (primary N) is 1. The quantitative estimate of drug-likeness (QED) is 0.871. The zero-order valence-corrected chi connectivity index (χ0v) is 15.0. The van der Waals surface area contributed by atoms with E-state index in [-0.39, 0.29) is 24.5 Å². The smallest absolute Gasteiger partial charge is 0.241 e. The Hall–Kier alpha value is -1.40. The summed E-state index contributed by atoms with van der Waals surface area (Å²) in [5, 5.41) is 0. The summed E-state index contributed by atoms with van der Waals surface area (Å²) in [4.78, 5) is 0.334. The van der Waals surface area contributed by atoms with E-state index < -0.39 is 10.0 Å². The van der Waals surface area contributed by atoms with Crippen molar-refractivity contribution in [3.63, 3.8) is 0 Å². The molecule has 0 unspecified atom stereocenters. The van der Waals surface area contributed by atoms with Gasteiger partial charge in [-0.15, -0.1) is 12.4 Å². The van der Waals surface area contributed by atoms with Gasteiger partial charge in [0, 0.05) is 17.6 Å². The monoisotopic (exact) mass is 366 g/mol. The molecule has 2 aromatic rings. The summed E-state index contributed by atoms with van der Waals surface area (Å²) >= 11 is 0. The van der Waals surface area contributed by atoms with Gasteiger partial charge in [0.05, 0.1) is 4.90 Å². The molecule has 3 rings (SSSR count). The average molecular weight is 367 g/mol. The summed E-state index contributed by atoms with van der Waals surface area (Å²) in [6.07, 6.45) is 3.34. The Morgan fingerprint density at radius 3 is 2.12 bits per heavy atom. The van der Waals surface area contributed by atoms with E-state index in [2.05, 4.69) is 4.72 Å². The van der Waals surface area contributed by atoms with Crippen LogP contribution in [0, 0.1) is 0 Å². The largest absolute Gasteiger partial charge is 0.328 e. The lowest BCUT2D eigenvalue weighted by Gasteiger charge is -2.27. The topological polar surface area (TPSA) is 72.2 Å². The molecule has 130 valence electrons. The van der Waals surface area contributed by atoms with Crippen molar-refractivity contribution >= 4 is 22.4 Å². The zero-order chi connectivity index (χ0) is 16.3. The van der Waals surface area contributed by atoms with E-state index in [1.54, 1.807) is 12.1 Å². The summed E-state index contributed by atoms with van der Waals surface area (Å²) in [5.41, 5.74) is 7.53. The van der Waals surface area contributed by atoms with Gasteiger partial charge in [-0.2, -0.15) is 0 Å². The van der Waals surface area contributed by atoms with Gasteiger partial charge < -0.3 is 5.73 Å². The van der Waals surface area contributed by atoms with Crippen LogP contribution in [0.25, 0.3) is 11.1 Å². The third-order valence-electron chi connectivity index (χ3n) is 4.36. The van der Waals surface area contributed by atoms with E-state index in [1.807, 2.05) is 42.5 Å². The number of sulfonamides is 1. The van der Waals surface area contributed by atoms with E-state index >= 15 is 0 Å². The minimum absolute atomic E-state index is 0. The van der Waals surface area contributed by atoms with Gasteiger partial charge >= 0.3 is 0 Å². The third-order valence-corrected chi connectivity index (χ3v) is 5.93.